The van der Waals surface area contributed by atoms with Crippen LogP contribution in [0.5, 0.6) is 11.8 Å². The van der Waals surface area contributed by atoms with Gasteiger partial charge in [0, 0.05) is 29.2 Å². The molecule has 4 aromatic carbocycles. The van der Waals surface area contributed by atoms with Crippen LogP contribution in [0.3, 0.4) is 0 Å². The van der Waals surface area contributed by atoms with Gasteiger partial charge in [-0.05, 0) is 62.4 Å². The van der Waals surface area contributed by atoms with Crippen LogP contribution in [0.1, 0.15) is 43.2 Å². The molecule has 2 aromatic heterocycles. The number of aryl methyl sites for hydroxylation is 2. The topological polar surface area (TPSA) is 175 Å². The first-order valence-electron chi connectivity index (χ1n) is 14.8. The number of aromatic hydroxyl groups is 2. The largest absolute Gasteiger partial charge is 0.493 e. The molecule has 6 aromatic rings. The van der Waals surface area contributed by atoms with E-state index in [1.807, 2.05) is 36.4 Å². The monoisotopic (exact) mass is 737 g/mol. The average molecular weight is 738 g/mol. The molecule has 0 saturated carbocycles. The van der Waals surface area contributed by atoms with Crippen molar-refractivity contribution in [1.82, 2.24) is 19.6 Å². The zero-order valence-corrected chi connectivity index (χ0v) is 27.8. The maximum atomic E-state index is 13.7. The molecule has 0 saturated heterocycles. The number of hydrogen-bond donors (Lipinski definition) is 4. The van der Waals surface area contributed by atoms with Crippen molar-refractivity contribution in [1.29, 1.82) is 0 Å². The third kappa shape index (κ3) is 8.23. The Morgan fingerprint density at radius 2 is 0.961 bits per heavy atom. The number of nitrogens with zero attached hydrogens (tertiary/aromatic N) is 6. The first-order chi connectivity index (χ1) is 24.0. The molecule has 6 rings (SSSR count). The van der Waals surface area contributed by atoms with Crippen LogP contribution in [0, 0.1) is 25.5 Å². The Morgan fingerprint density at radius 3 is 1.29 bits per heavy atom. The van der Waals surface area contributed by atoms with Crippen molar-refractivity contribution in [3.05, 3.63) is 142 Å². The van der Waals surface area contributed by atoms with Crippen LogP contribution in [-0.2, 0) is 16.8 Å². The van der Waals surface area contributed by atoms with Gasteiger partial charge in [0.2, 0.25) is 11.8 Å². The molecule has 0 aliphatic carbocycles. The molecule has 0 bridgehead atoms. The van der Waals surface area contributed by atoms with E-state index < -0.39 is 34.7 Å². The van der Waals surface area contributed by atoms with E-state index in [1.165, 1.54) is 46.1 Å². The van der Waals surface area contributed by atoms with Gasteiger partial charge in [0.15, 0.2) is 0 Å². The number of carboxylic acids is 2. The number of para-hydroxylation sites is 2. The Bertz CT molecular complexity index is 2100. The number of benzene rings is 4. The first-order valence-corrected chi connectivity index (χ1v) is 14.8. The van der Waals surface area contributed by atoms with Crippen LogP contribution >= 0.6 is 0 Å². The van der Waals surface area contributed by atoms with Crippen LogP contribution in [0.25, 0.3) is 11.4 Å². The number of carboxylic acid groups (broad SMARTS) is 2. The fraction of sp³-hybridized carbons (Fsp3) is 0.0556. The standard InChI is InChI=1S/2C18H14FN3O3.Co/c2*1-11-13(17(23)22(21-11)12-6-3-2-4-7-12)10-20-15-9-5-8-14(19)16(15)18(24)25;/h2*2-10,23H,1H3,(H,24,25);. The number of halogens is 2. The minimum Gasteiger partial charge on any atom is -0.493 e. The molecule has 2 heterocycles. The van der Waals surface area contributed by atoms with Crippen LogP contribution < -0.4 is 0 Å². The summed E-state index contributed by atoms with van der Waals surface area (Å²) in [5.74, 6) is -4.84. The Morgan fingerprint density at radius 1 is 0.608 bits per heavy atom. The van der Waals surface area contributed by atoms with Crippen molar-refractivity contribution in [2.24, 2.45) is 9.98 Å². The van der Waals surface area contributed by atoms with Crippen molar-refractivity contribution in [2.75, 3.05) is 0 Å². The molecule has 0 fully saturated rings. The summed E-state index contributed by atoms with van der Waals surface area (Å²) in [6, 6.07) is 25.7. The molecule has 4 N–H and O–H groups in total. The van der Waals surface area contributed by atoms with E-state index in [1.54, 1.807) is 38.1 Å². The molecule has 51 heavy (non-hydrogen) atoms. The maximum Gasteiger partial charge on any atom is 0.340 e. The van der Waals surface area contributed by atoms with Crippen LogP contribution in [0.2, 0.25) is 0 Å². The number of aliphatic imine (C=N–C) groups is 2. The van der Waals surface area contributed by atoms with Crippen molar-refractivity contribution in [3.8, 4) is 23.1 Å². The average Bonchev–Trinajstić information content (AvgIpc) is 3.55. The Labute approximate surface area is 299 Å². The van der Waals surface area contributed by atoms with E-state index in [0.29, 0.717) is 33.9 Å². The van der Waals surface area contributed by atoms with Gasteiger partial charge in [0.1, 0.15) is 22.8 Å². The molecule has 1 radical (unpaired) electrons. The molecule has 0 amide bonds. The van der Waals surface area contributed by atoms with Gasteiger partial charge in [-0.3, -0.25) is 9.98 Å². The Balaban J connectivity index is 0.000000224. The van der Waals surface area contributed by atoms with Crippen LogP contribution in [-0.4, -0.2) is 64.4 Å². The second-order valence-electron chi connectivity index (χ2n) is 10.5. The number of aromatic carboxylic acids is 2. The summed E-state index contributed by atoms with van der Waals surface area (Å²) in [6.45, 7) is 3.37. The number of carbonyl (C=O) groups is 2. The van der Waals surface area contributed by atoms with Gasteiger partial charge in [0.05, 0.1) is 45.3 Å². The predicted molar refractivity (Wildman–Crippen MR) is 181 cm³/mol. The van der Waals surface area contributed by atoms with E-state index in [2.05, 4.69) is 20.2 Å². The summed E-state index contributed by atoms with van der Waals surface area (Å²) in [4.78, 5) is 30.5. The quantitative estimate of drug-likeness (QED) is 0.121. The number of rotatable bonds is 8. The summed E-state index contributed by atoms with van der Waals surface area (Å²) in [5.41, 5.74) is 1.85. The van der Waals surface area contributed by atoms with Crippen LogP contribution in [0.4, 0.5) is 20.2 Å². The fourth-order valence-corrected chi connectivity index (χ4v) is 4.79. The minimum absolute atomic E-state index is 0. The maximum absolute atomic E-state index is 13.7. The molecule has 0 aliphatic rings. The van der Waals surface area contributed by atoms with E-state index >= 15 is 0 Å². The van der Waals surface area contributed by atoms with Crippen molar-refractivity contribution >= 4 is 35.7 Å². The van der Waals surface area contributed by atoms with Gasteiger partial charge in [-0.25, -0.2) is 27.7 Å². The Hall–Kier alpha value is -6.45. The molecule has 0 aliphatic heterocycles. The smallest absolute Gasteiger partial charge is 0.340 e. The third-order valence-electron chi connectivity index (χ3n) is 7.24. The van der Waals surface area contributed by atoms with Crippen LogP contribution in [0.15, 0.2) is 107 Å². The summed E-state index contributed by atoms with van der Waals surface area (Å²) in [7, 11) is 0. The summed E-state index contributed by atoms with van der Waals surface area (Å²) < 4.78 is 30.1. The zero-order chi connectivity index (χ0) is 35.9. The van der Waals surface area contributed by atoms with Gasteiger partial charge in [0.25, 0.3) is 0 Å². The molecular weight excluding hydrogens is 709 g/mol. The van der Waals surface area contributed by atoms with E-state index in [9.17, 15) is 28.6 Å². The normalized spacial score (nSPS) is 10.9. The number of hydrogen-bond acceptors (Lipinski definition) is 8. The minimum atomic E-state index is -1.41. The zero-order valence-electron chi connectivity index (χ0n) is 26.8. The van der Waals surface area contributed by atoms with Crippen molar-refractivity contribution < 1.29 is 55.6 Å². The molecule has 0 spiro atoms. The summed E-state index contributed by atoms with van der Waals surface area (Å²) in [6.07, 6.45) is 2.55. The van der Waals surface area contributed by atoms with E-state index in [-0.39, 0.29) is 39.9 Å². The molecular formula is C36H28CoF2N6O6. The second kappa shape index (κ2) is 16.3. The van der Waals surface area contributed by atoms with E-state index in [4.69, 9.17) is 10.2 Å². The fourth-order valence-electron chi connectivity index (χ4n) is 4.79. The summed E-state index contributed by atoms with van der Waals surface area (Å²) in [5, 5.41) is 47.5. The molecule has 0 unspecified atom stereocenters. The van der Waals surface area contributed by atoms with Gasteiger partial charge in [-0.1, -0.05) is 48.5 Å². The molecule has 12 nitrogen and oxygen atoms in total. The Kier molecular flexibility index (Phi) is 11.9. The molecule has 261 valence electrons. The van der Waals surface area contributed by atoms with Gasteiger partial charge >= 0.3 is 11.9 Å². The van der Waals surface area contributed by atoms with Gasteiger partial charge in [-0.15, -0.1) is 0 Å². The van der Waals surface area contributed by atoms with Gasteiger partial charge < -0.3 is 20.4 Å². The first kappa shape index (κ1) is 37.4. The van der Waals surface area contributed by atoms with Crippen molar-refractivity contribution in [3.63, 3.8) is 0 Å². The number of aromatic nitrogens is 4. The summed E-state index contributed by atoms with van der Waals surface area (Å²) >= 11 is 0. The second-order valence-corrected chi connectivity index (χ2v) is 10.5. The van der Waals surface area contributed by atoms with Crippen molar-refractivity contribution in [2.45, 2.75) is 13.8 Å². The SMILES string of the molecule is Cc1nn(-c2ccccc2)c(O)c1C=Nc1cccc(F)c1C(=O)O.Cc1nn(-c2ccccc2)c(O)c1C=Nc1cccc(F)c1C(=O)O.[Co]. The third-order valence-corrected chi connectivity index (χ3v) is 7.24. The van der Waals surface area contributed by atoms with E-state index in [0.717, 1.165) is 12.1 Å². The van der Waals surface area contributed by atoms with Gasteiger partial charge in [-0.2, -0.15) is 10.2 Å². The predicted octanol–water partition coefficient (Wildman–Crippen LogP) is 6.95. The molecule has 0 atom stereocenters. The molecule has 15 heteroatoms.